The number of nitrogens with zero attached hydrogens (tertiary/aromatic N) is 2. The van der Waals surface area contributed by atoms with E-state index in [9.17, 15) is 4.79 Å². The maximum Gasteiger partial charge on any atom is 0.266 e. The molecule has 0 N–H and O–H groups in total. The zero-order valence-corrected chi connectivity index (χ0v) is 17.6. The lowest BCUT2D eigenvalue weighted by Crippen LogP contribution is -2.41. The number of methoxy groups -OCH3 is 1. The van der Waals surface area contributed by atoms with Crippen LogP contribution in [-0.4, -0.2) is 42.0 Å². The molecule has 148 valence electrons. The van der Waals surface area contributed by atoms with Crippen LogP contribution in [0.5, 0.6) is 11.5 Å². The van der Waals surface area contributed by atoms with Crippen molar-refractivity contribution in [2.24, 2.45) is 4.99 Å². The van der Waals surface area contributed by atoms with Gasteiger partial charge in [-0.25, -0.2) is 4.99 Å². The summed E-state index contributed by atoms with van der Waals surface area (Å²) in [6.07, 6.45) is 0.934. The molecule has 28 heavy (non-hydrogen) atoms. The van der Waals surface area contributed by atoms with E-state index in [4.69, 9.17) is 14.5 Å². The Morgan fingerprint density at radius 3 is 2.64 bits per heavy atom. The second kappa shape index (κ2) is 9.15. The molecular formula is C22H26N2O3S. The number of amidine groups is 1. The Labute approximate surface area is 170 Å². The summed E-state index contributed by atoms with van der Waals surface area (Å²) < 4.78 is 11.2. The van der Waals surface area contributed by atoms with Crippen LogP contribution in [0.2, 0.25) is 0 Å². The summed E-state index contributed by atoms with van der Waals surface area (Å²) in [5.74, 6) is 2.30. The van der Waals surface area contributed by atoms with E-state index in [1.165, 1.54) is 0 Å². The SMILES string of the molecule is COc1ccc(C)cc1N=C1SCCCN1C(=O)COc1cc(C)ccc1C. The first-order valence-electron chi connectivity index (χ1n) is 9.34. The molecule has 2 aromatic rings. The number of benzene rings is 2. The molecule has 1 amide bonds. The quantitative estimate of drug-likeness (QED) is 0.735. The number of aryl methyl sites for hydroxylation is 3. The van der Waals surface area contributed by atoms with Crippen LogP contribution >= 0.6 is 11.8 Å². The number of hydrogen-bond donors (Lipinski definition) is 0. The molecule has 0 aliphatic carbocycles. The molecule has 0 spiro atoms. The van der Waals surface area contributed by atoms with Crippen LogP contribution in [0.4, 0.5) is 5.69 Å². The van der Waals surface area contributed by atoms with Gasteiger partial charge in [0.15, 0.2) is 11.8 Å². The Morgan fingerprint density at radius 2 is 1.86 bits per heavy atom. The van der Waals surface area contributed by atoms with Crippen LogP contribution in [-0.2, 0) is 4.79 Å². The molecule has 1 fully saturated rings. The van der Waals surface area contributed by atoms with Crippen molar-refractivity contribution in [1.29, 1.82) is 0 Å². The minimum atomic E-state index is -0.0847. The van der Waals surface area contributed by atoms with Crippen molar-refractivity contribution in [3.8, 4) is 11.5 Å². The van der Waals surface area contributed by atoms with E-state index in [1.807, 2.05) is 57.2 Å². The Balaban J connectivity index is 1.78. The van der Waals surface area contributed by atoms with Crippen LogP contribution in [0.1, 0.15) is 23.1 Å². The van der Waals surface area contributed by atoms with E-state index in [1.54, 1.807) is 23.8 Å². The van der Waals surface area contributed by atoms with Crippen LogP contribution < -0.4 is 9.47 Å². The molecular weight excluding hydrogens is 372 g/mol. The van der Waals surface area contributed by atoms with Gasteiger partial charge < -0.3 is 9.47 Å². The molecule has 1 aliphatic rings. The second-order valence-electron chi connectivity index (χ2n) is 6.87. The topological polar surface area (TPSA) is 51.1 Å². The maximum atomic E-state index is 12.9. The third-order valence-corrected chi connectivity index (χ3v) is 5.60. The van der Waals surface area contributed by atoms with Crippen molar-refractivity contribution in [2.75, 3.05) is 26.0 Å². The Kier molecular flexibility index (Phi) is 6.62. The number of hydrogen-bond acceptors (Lipinski definition) is 5. The van der Waals surface area contributed by atoms with Gasteiger partial charge >= 0.3 is 0 Å². The van der Waals surface area contributed by atoms with Gasteiger partial charge in [0, 0.05) is 12.3 Å². The van der Waals surface area contributed by atoms with Crippen LogP contribution in [0.3, 0.4) is 0 Å². The molecule has 0 saturated carbocycles. The first-order chi connectivity index (χ1) is 13.5. The highest BCUT2D eigenvalue weighted by atomic mass is 32.2. The van der Waals surface area contributed by atoms with Crippen molar-refractivity contribution >= 4 is 28.5 Å². The maximum absolute atomic E-state index is 12.9. The lowest BCUT2D eigenvalue weighted by molar-refractivity contribution is -0.129. The lowest BCUT2D eigenvalue weighted by atomic mass is 10.1. The molecule has 0 unspecified atom stereocenters. The van der Waals surface area contributed by atoms with E-state index in [0.29, 0.717) is 17.5 Å². The van der Waals surface area contributed by atoms with Gasteiger partial charge in [0.1, 0.15) is 17.2 Å². The zero-order chi connectivity index (χ0) is 20.1. The number of aliphatic imine (C=N–C) groups is 1. The summed E-state index contributed by atoms with van der Waals surface area (Å²) in [5.41, 5.74) is 3.96. The summed E-state index contributed by atoms with van der Waals surface area (Å²) in [4.78, 5) is 19.3. The van der Waals surface area contributed by atoms with E-state index >= 15 is 0 Å². The van der Waals surface area contributed by atoms with Crippen molar-refractivity contribution < 1.29 is 14.3 Å². The summed E-state index contributed by atoms with van der Waals surface area (Å²) >= 11 is 1.59. The predicted octanol–water partition coefficient (Wildman–Crippen LogP) is 4.65. The molecule has 0 aromatic heterocycles. The van der Waals surface area contributed by atoms with Crippen LogP contribution in [0.15, 0.2) is 41.4 Å². The molecule has 0 radical (unpaired) electrons. The summed E-state index contributed by atoms with van der Waals surface area (Å²) in [6.45, 7) is 6.64. The highest BCUT2D eigenvalue weighted by Gasteiger charge is 2.24. The molecule has 3 rings (SSSR count). The number of carbonyl (C=O) groups excluding carboxylic acids is 1. The molecule has 0 bridgehead atoms. The van der Waals surface area contributed by atoms with Crippen molar-refractivity contribution in [3.05, 3.63) is 53.1 Å². The van der Waals surface area contributed by atoms with Gasteiger partial charge in [-0.3, -0.25) is 9.69 Å². The fourth-order valence-corrected chi connectivity index (χ4v) is 3.92. The van der Waals surface area contributed by atoms with Gasteiger partial charge in [-0.1, -0.05) is 30.0 Å². The van der Waals surface area contributed by atoms with Crippen molar-refractivity contribution in [1.82, 2.24) is 4.90 Å². The molecule has 2 aromatic carbocycles. The average Bonchev–Trinajstić information content (AvgIpc) is 2.69. The second-order valence-corrected chi connectivity index (χ2v) is 7.94. The van der Waals surface area contributed by atoms with Crippen LogP contribution in [0, 0.1) is 20.8 Å². The highest BCUT2D eigenvalue weighted by Crippen LogP contribution is 2.31. The van der Waals surface area contributed by atoms with Gasteiger partial charge in [-0.2, -0.15) is 0 Å². The minimum Gasteiger partial charge on any atom is -0.494 e. The zero-order valence-electron chi connectivity index (χ0n) is 16.8. The standard InChI is InChI=1S/C22H26N2O3S/c1-15-7-9-19(26-4)18(12-15)23-22-24(10-5-11-28-22)21(25)14-27-20-13-16(2)6-8-17(20)3/h6-9,12-13H,5,10-11,14H2,1-4H3. The third-order valence-electron chi connectivity index (χ3n) is 4.53. The Hall–Kier alpha value is -2.47. The number of carbonyl (C=O) groups is 1. The van der Waals surface area contributed by atoms with Crippen molar-refractivity contribution in [2.45, 2.75) is 27.2 Å². The van der Waals surface area contributed by atoms with Gasteiger partial charge in [0.2, 0.25) is 0 Å². The first-order valence-corrected chi connectivity index (χ1v) is 10.3. The molecule has 0 atom stereocenters. The van der Waals surface area contributed by atoms with Crippen LogP contribution in [0.25, 0.3) is 0 Å². The van der Waals surface area contributed by atoms with Gasteiger partial charge in [0.05, 0.1) is 7.11 Å². The molecule has 1 aliphatic heterocycles. The summed E-state index contributed by atoms with van der Waals surface area (Å²) in [5, 5.41) is 0.699. The van der Waals surface area contributed by atoms with E-state index in [-0.39, 0.29) is 12.5 Å². The van der Waals surface area contributed by atoms with Gasteiger partial charge in [-0.15, -0.1) is 0 Å². The van der Waals surface area contributed by atoms with E-state index in [2.05, 4.69) is 0 Å². The largest absolute Gasteiger partial charge is 0.494 e. The average molecular weight is 399 g/mol. The summed E-state index contributed by atoms with van der Waals surface area (Å²) in [6, 6.07) is 11.8. The van der Waals surface area contributed by atoms with Gasteiger partial charge in [-0.05, 0) is 62.1 Å². The van der Waals surface area contributed by atoms with Gasteiger partial charge in [0.25, 0.3) is 5.91 Å². The Morgan fingerprint density at radius 1 is 1.11 bits per heavy atom. The minimum absolute atomic E-state index is 0.00513. The predicted molar refractivity (Wildman–Crippen MR) is 115 cm³/mol. The van der Waals surface area contributed by atoms with E-state index < -0.39 is 0 Å². The lowest BCUT2D eigenvalue weighted by Gasteiger charge is -2.28. The summed E-state index contributed by atoms with van der Waals surface area (Å²) in [7, 11) is 1.63. The molecule has 1 heterocycles. The smallest absolute Gasteiger partial charge is 0.266 e. The highest BCUT2D eigenvalue weighted by molar-refractivity contribution is 8.13. The monoisotopic (exact) mass is 398 g/mol. The van der Waals surface area contributed by atoms with Crippen molar-refractivity contribution in [3.63, 3.8) is 0 Å². The molecule has 5 nitrogen and oxygen atoms in total. The van der Waals surface area contributed by atoms with E-state index in [0.717, 1.165) is 40.3 Å². The first kappa shape index (κ1) is 20.3. The number of rotatable bonds is 5. The normalized spacial score (nSPS) is 15.6. The number of thioether (sulfide) groups is 1. The fourth-order valence-electron chi connectivity index (χ4n) is 2.95. The number of ether oxygens (including phenoxy) is 2. The third kappa shape index (κ3) is 4.87. The molecule has 1 saturated heterocycles. The molecule has 6 heteroatoms. The Bertz CT molecular complexity index is 895. The fraction of sp³-hybridized carbons (Fsp3) is 0.364. The number of amides is 1.